The van der Waals surface area contributed by atoms with Crippen molar-refractivity contribution in [3.63, 3.8) is 0 Å². The second-order valence-electron chi connectivity index (χ2n) is 8.24. The van der Waals surface area contributed by atoms with Gasteiger partial charge >= 0.3 is 5.63 Å². The van der Waals surface area contributed by atoms with E-state index in [0.717, 1.165) is 27.6 Å². The van der Waals surface area contributed by atoms with Crippen molar-refractivity contribution < 1.29 is 18.7 Å². The van der Waals surface area contributed by atoms with Crippen LogP contribution in [0.1, 0.15) is 32.6 Å². The zero-order chi connectivity index (χ0) is 23.7. The topological polar surface area (TPSA) is 89.8 Å². The molecule has 1 aliphatic rings. The molecule has 3 aromatic carbocycles. The zero-order valence-corrected chi connectivity index (χ0v) is 18.9. The van der Waals surface area contributed by atoms with Gasteiger partial charge in [-0.2, -0.15) is 0 Å². The summed E-state index contributed by atoms with van der Waals surface area (Å²) in [5.41, 5.74) is 5.12. The van der Waals surface area contributed by atoms with Crippen LogP contribution in [-0.2, 0) is 13.1 Å². The predicted octanol–water partition coefficient (Wildman–Crippen LogP) is 4.68. The van der Waals surface area contributed by atoms with Gasteiger partial charge in [-0.3, -0.25) is 4.79 Å². The largest absolute Gasteiger partial charge is 0.454 e. The molecule has 34 heavy (non-hydrogen) atoms. The van der Waals surface area contributed by atoms with Gasteiger partial charge in [0.15, 0.2) is 11.5 Å². The number of amides is 1. The Hall–Kier alpha value is -4.26. The average Bonchev–Trinajstić information content (AvgIpc) is 3.32. The number of rotatable bonds is 6. The highest BCUT2D eigenvalue weighted by molar-refractivity contribution is 5.99. The van der Waals surface area contributed by atoms with Crippen molar-refractivity contribution >= 4 is 22.6 Å². The fraction of sp³-hybridized carbons (Fsp3) is 0.185. The summed E-state index contributed by atoms with van der Waals surface area (Å²) < 4.78 is 16.2. The molecule has 4 aromatic rings. The number of carbonyl (C=O) groups is 1. The molecule has 2 heterocycles. The van der Waals surface area contributed by atoms with Crippen LogP contribution in [0.4, 0.5) is 5.69 Å². The van der Waals surface area contributed by atoms with Crippen LogP contribution in [0.25, 0.3) is 11.0 Å². The number of aryl methyl sites for hydroxylation is 2. The maximum Gasteiger partial charge on any atom is 0.336 e. The Balaban J connectivity index is 1.33. The fourth-order valence-electron chi connectivity index (χ4n) is 4.03. The van der Waals surface area contributed by atoms with E-state index in [-0.39, 0.29) is 12.7 Å². The van der Waals surface area contributed by atoms with Crippen LogP contribution in [0.5, 0.6) is 11.5 Å². The van der Waals surface area contributed by atoms with Crippen molar-refractivity contribution in [2.24, 2.45) is 0 Å². The van der Waals surface area contributed by atoms with Crippen LogP contribution in [0, 0.1) is 13.8 Å². The zero-order valence-electron chi connectivity index (χ0n) is 18.9. The van der Waals surface area contributed by atoms with Crippen LogP contribution in [-0.4, -0.2) is 12.7 Å². The number of hydrogen-bond donors (Lipinski definition) is 2. The molecule has 172 valence electrons. The fourth-order valence-corrected chi connectivity index (χ4v) is 4.03. The molecule has 0 fully saturated rings. The van der Waals surface area contributed by atoms with Crippen LogP contribution in [0.15, 0.2) is 69.9 Å². The van der Waals surface area contributed by atoms with Crippen molar-refractivity contribution in [2.45, 2.75) is 26.9 Å². The number of ether oxygens (including phenoxy) is 2. The van der Waals surface area contributed by atoms with Crippen molar-refractivity contribution in [1.82, 2.24) is 5.32 Å². The maximum atomic E-state index is 13.0. The van der Waals surface area contributed by atoms with E-state index in [1.165, 1.54) is 6.07 Å². The minimum atomic E-state index is -0.396. The monoisotopic (exact) mass is 456 g/mol. The number of nitrogens with one attached hydrogen (secondary N) is 2. The van der Waals surface area contributed by atoms with Gasteiger partial charge in [0, 0.05) is 30.2 Å². The van der Waals surface area contributed by atoms with Crippen molar-refractivity contribution in [2.75, 3.05) is 12.1 Å². The van der Waals surface area contributed by atoms with E-state index in [9.17, 15) is 9.59 Å². The molecule has 1 aliphatic heterocycles. The van der Waals surface area contributed by atoms with E-state index in [1.807, 2.05) is 62.4 Å². The van der Waals surface area contributed by atoms with Crippen molar-refractivity contribution in [3.8, 4) is 11.5 Å². The second-order valence-corrected chi connectivity index (χ2v) is 8.24. The number of benzene rings is 3. The molecule has 0 aliphatic carbocycles. The van der Waals surface area contributed by atoms with E-state index in [0.29, 0.717) is 41.4 Å². The summed E-state index contributed by atoms with van der Waals surface area (Å²) in [6, 6.07) is 18.4. The molecule has 5 rings (SSSR count). The first-order valence-electron chi connectivity index (χ1n) is 11.0. The van der Waals surface area contributed by atoms with Gasteiger partial charge < -0.3 is 24.5 Å². The molecule has 1 aromatic heterocycles. The Kier molecular flexibility index (Phi) is 5.67. The van der Waals surface area contributed by atoms with Crippen molar-refractivity contribution in [3.05, 3.63) is 98.9 Å². The van der Waals surface area contributed by atoms with Gasteiger partial charge in [-0.1, -0.05) is 30.3 Å². The van der Waals surface area contributed by atoms with Crippen LogP contribution >= 0.6 is 0 Å². The Bertz CT molecular complexity index is 1460. The van der Waals surface area contributed by atoms with E-state index < -0.39 is 5.63 Å². The minimum absolute atomic E-state index is 0.204. The van der Waals surface area contributed by atoms with E-state index in [4.69, 9.17) is 13.9 Å². The summed E-state index contributed by atoms with van der Waals surface area (Å²) in [6.07, 6.45) is 0. The Morgan fingerprint density at radius 3 is 2.65 bits per heavy atom. The molecule has 0 bridgehead atoms. The average molecular weight is 456 g/mol. The Morgan fingerprint density at radius 2 is 1.76 bits per heavy atom. The van der Waals surface area contributed by atoms with Gasteiger partial charge in [-0.15, -0.1) is 0 Å². The number of para-hydroxylation sites is 1. The predicted molar refractivity (Wildman–Crippen MR) is 129 cm³/mol. The number of hydrogen-bond acceptors (Lipinski definition) is 6. The molecule has 0 radical (unpaired) electrons. The molecule has 0 spiro atoms. The first-order chi connectivity index (χ1) is 16.5. The summed E-state index contributed by atoms with van der Waals surface area (Å²) in [4.78, 5) is 25.1. The van der Waals surface area contributed by atoms with Gasteiger partial charge in [-0.05, 0) is 60.4 Å². The van der Waals surface area contributed by atoms with Gasteiger partial charge in [0.2, 0.25) is 6.79 Å². The lowest BCUT2D eigenvalue weighted by Gasteiger charge is -2.14. The standard InChI is InChI=1S/C27H24N2O5/c1-16-7-9-20-19(12-25(30)34-26(20)17(16)2)14-28-22-6-4-3-5-21(22)27(31)29-13-18-8-10-23-24(11-18)33-15-32-23/h3-12,28H,13-15H2,1-2H3,(H,29,31). The number of carbonyl (C=O) groups excluding carboxylic acids is 1. The van der Waals surface area contributed by atoms with E-state index >= 15 is 0 Å². The second kappa shape index (κ2) is 8.94. The molecule has 0 unspecified atom stereocenters. The SMILES string of the molecule is Cc1ccc2c(CNc3ccccc3C(=O)NCc3ccc4c(c3)OCO4)cc(=O)oc2c1C. The first kappa shape index (κ1) is 21.6. The third kappa shape index (κ3) is 4.20. The molecule has 0 atom stereocenters. The molecular weight excluding hydrogens is 432 g/mol. The van der Waals surface area contributed by atoms with Crippen molar-refractivity contribution in [1.29, 1.82) is 0 Å². The highest BCUT2D eigenvalue weighted by atomic mass is 16.7. The molecule has 1 amide bonds. The Morgan fingerprint density at radius 1 is 0.941 bits per heavy atom. The van der Waals surface area contributed by atoms with Crippen LogP contribution in [0.2, 0.25) is 0 Å². The maximum absolute atomic E-state index is 13.0. The van der Waals surface area contributed by atoms with Gasteiger partial charge in [-0.25, -0.2) is 4.79 Å². The minimum Gasteiger partial charge on any atom is -0.454 e. The summed E-state index contributed by atoms with van der Waals surface area (Å²) >= 11 is 0. The quantitative estimate of drug-likeness (QED) is 0.410. The highest BCUT2D eigenvalue weighted by Gasteiger charge is 2.15. The summed E-state index contributed by atoms with van der Waals surface area (Å²) in [5.74, 6) is 1.18. The summed E-state index contributed by atoms with van der Waals surface area (Å²) in [5, 5.41) is 7.15. The lowest BCUT2D eigenvalue weighted by Crippen LogP contribution is -2.24. The molecule has 0 saturated heterocycles. The summed E-state index contributed by atoms with van der Waals surface area (Å²) in [7, 11) is 0. The molecule has 0 saturated carbocycles. The van der Waals surface area contributed by atoms with Crippen LogP contribution in [0.3, 0.4) is 0 Å². The molecule has 2 N–H and O–H groups in total. The number of anilines is 1. The highest BCUT2D eigenvalue weighted by Crippen LogP contribution is 2.32. The van der Waals surface area contributed by atoms with E-state index in [2.05, 4.69) is 10.6 Å². The normalized spacial score (nSPS) is 12.1. The summed E-state index contributed by atoms with van der Waals surface area (Å²) in [6.45, 7) is 4.86. The first-order valence-corrected chi connectivity index (χ1v) is 11.0. The van der Waals surface area contributed by atoms with Crippen LogP contribution < -0.4 is 25.7 Å². The smallest absolute Gasteiger partial charge is 0.336 e. The van der Waals surface area contributed by atoms with E-state index in [1.54, 1.807) is 6.07 Å². The lowest BCUT2D eigenvalue weighted by atomic mass is 10.0. The van der Waals surface area contributed by atoms with Gasteiger partial charge in [0.05, 0.1) is 5.56 Å². The number of fused-ring (bicyclic) bond motifs is 2. The van der Waals surface area contributed by atoms with Gasteiger partial charge in [0.25, 0.3) is 5.91 Å². The molecular formula is C27H24N2O5. The third-order valence-corrected chi connectivity index (χ3v) is 6.05. The van der Waals surface area contributed by atoms with Gasteiger partial charge in [0.1, 0.15) is 5.58 Å². The third-order valence-electron chi connectivity index (χ3n) is 6.05. The molecule has 7 nitrogen and oxygen atoms in total. The Labute approximate surface area is 196 Å². The molecule has 7 heteroatoms. The lowest BCUT2D eigenvalue weighted by molar-refractivity contribution is 0.0951.